The van der Waals surface area contributed by atoms with Gasteiger partial charge in [0, 0.05) is 32.6 Å². The molecule has 0 unspecified atom stereocenters. The Labute approximate surface area is 197 Å². The summed E-state index contributed by atoms with van der Waals surface area (Å²) in [6.07, 6.45) is 7.12. The zero-order chi connectivity index (χ0) is 23.3. The van der Waals surface area contributed by atoms with Crippen LogP contribution in [0.3, 0.4) is 0 Å². The third-order valence-electron chi connectivity index (χ3n) is 7.00. The summed E-state index contributed by atoms with van der Waals surface area (Å²) in [5.41, 5.74) is 2.23. The van der Waals surface area contributed by atoms with Crippen molar-refractivity contribution < 1.29 is 18.3 Å². The molecule has 2 aliphatic heterocycles. The Morgan fingerprint density at radius 2 is 1.42 bits per heavy atom. The van der Waals surface area contributed by atoms with Gasteiger partial charge in [-0.3, -0.25) is 4.79 Å². The number of aromatic hydroxyl groups is 1. The van der Waals surface area contributed by atoms with E-state index in [1.165, 1.54) is 5.56 Å². The number of rotatable bonds is 8. The second kappa shape index (κ2) is 10.7. The number of phenols is 1. The molecule has 4 rings (SSSR count). The van der Waals surface area contributed by atoms with Gasteiger partial charge < -0.3 is 10.0 Å². The lowest BCUT2D eigenvalue weighted by Gasteiger charge is -2.32. The Morgan fingerprint density at radius 1 is 0.848 bits per heavy atom. The minimum absolute atomic E-state index is 0.181. The van der Waals surface area contributed by atoms with E-state index in [0.29, 0.717) is 42.5 Å². The highest BCUT2D eigenvalue weighted by Crippen LogP contribution is 2.24. The van der Waals surface area contributed by atoms with Gasteiger partial charge in [0.05, 0.1) is 4.90 Å². The molecular formula is C26H34N2O4S. The summed E-state index contributed by atoms with van der Waals surface area (Å²) in [6, 6.07) is 14.4. The Kier molecular flexibility index (Phi) is 7.71. The summed E-state index contributed by atoms with van der Waals surface area (Å²) in [7, 11) is -3.39. The molecule has 1 amide bonds. The molecule has 0 aliphatic carbocycles. The lowest BCUT2D eigenvalue weighted by molar-refractivity contribution is -0.132. The first-order chi connectivity index (χ1) is 15.9. The third kappa shape index (κ3) is 6.15. The SMILES string of the molecule is O=C(CCc1ccc(S(=O)(=O)N2CCCC2)cc1)N1CCC(CCc2ccc(O)cc2)CC1. The van der Waals surface area contributed by atoms with Gasteiger partial charge in [0.1, 0.15) is 5.75 Å². The van der Waals surface area contributed by atoms with E-state index >= 15 is 0 Å². The Morgan fingerprint density at radius 3 is 2.06 bits per heavy atom. The summed E-state index contributed by atoms with van der Waals surface area (Å²) in [5.74, 6) is 1.11. The minimum atomic E-state index is -3.39. The third-order valence-corrected chi connectivity index (χ3v) is 8.91. The van der Waals surface area contributed by atoms with Crippen LogP contribution < -0.4 is 0 Å². The van der Waals surface area contributed by atoms with Crippen molar-refractivity contribution in [3.8, 4) is 5.75 Å². The van der Waals surface area contributed by atoms with Crippen LogP contribution in [0.15, 0.2) is 53.4 Å². The van der Waals surface area contributed by atoms with Gasteiger partial charge in [-0.05, 0) is 86.3 Å². The normalized spacial score (nSPS) is 18.0. The molecule has 33 heavy (non-hydrogen) atoms. The molecule has 6 nitrogen and oxygen atoms in total. The predicted molar refractivity (Wildman–Crippen MR) is 128 cm³/mol. The summed E-state index contributed by atoms with van der Waals surface area (Å²) in [5, 5.41) is 9.39. The molecule has 0 radical (unpaired) electrons. The number of hydrogen-bond donors (Lipinski definition) is 1. The molecule has 2 fully saturated rings. The molecule has 0 aromatic heterocycles. The van der Waals surface area contributed by atoms with Crippen molar-refractivity contribution in [3.05, 3.63) is 59.7 Å². The number of benzene rings is 2. The summed E-state index contributed by atoms with van der Waals surface area (Å²) < 4.78 is 26.8. The van der Waals surface area contributed by atoms with E-state index in [1.54, 1.807) is 28.6 Å². The van der Waals surface area contributed by atoms with Gasteiger partial charge in [0.25, 0.3) is 0 Å². The summed E-state index contributed by atoms with van der Waals surface area (Å²) in [4.78, 5) is 15.0. The van der Waals surface area contributed by atoms with Gasteiger partial charge in [-0.25, -0.2) is 8.42 Å². The molecule has 2 aromatic carbocycles. The van der Waals surface area contributed by atoms with Crippen LogP contribution in [0.1, 0.15) is 49.7 Å². The maximum atomic E-state index is 12.7. The number of amides is 1. The lowest BCUT2D eigenvalue weighted by atomic mass is 9.90. The maximum Gasteiger partial charge on any atom is 0.243 e. The van der Waals surface area contributed by atoms with Crippen molar-refractivity contribution in [2.75, 3.05) is 26.2 Å². The molecule has 0 spiro atoms. The average Bonchev–Trinajstić information content (AvgIpc) is 3.39. The monoisotopic (exact) mass is 470 g/mol. The first-order valence-electron chi connectivity index (χ1n) is 12.1. The number of phenolic OH excluding ortho intramolecular Hbond substituents is 1. The van der Waals surface area contributed by atoms with Crippen molar-refractivity contribution in [1.29, 1.82) is 0 Å². The fraction of sp³-hybridized carbons (Fsp3) is 0.500. The zero-order valence-corrected chi connectivity index (χ0v) is 20.0. The van der Waals surface area contributed by atoms with Gasteiger partial charge >= 0.3 is 0 Å². The van der Waals surface area contributed by atoms with E-state index < -0.39 is 10.0 Å². The average molecular weight is 471 g/mol. The van der Waals surface area contributed by atoms with E-state index in [4.69, 9.17) is 0 Å². The molecule has 7 heteroatoms. The highest BCUT2D eigenvalue weighted by molar-refractivity contribution is 7.89. The fourth-order valence-corrected chi connectivity index (χ4v) is 6.34. The van der Waals surface area contributed by atoms with Crippen LogP contribution in [0, 0.1) is 5.92 Å². The van der Waals surface area contributed by atoms with Crippen molar-refractivity contribution in [3.63, 3.8) is 0 Å². The van der Waals surface area contributed by atoms with E-state index in [9.17, 15) is 18.3 Å². The van der Waals surface area contributed by atoms with Crippen LogP contribution in [0.4, 0.5) is 0 Å². The smallest absolute Gasteiger partial charge is 0.243 e. The highest BCUT2D eigenvalue weighted by Gasteiger charge is 2.27. The molecule has 2 heterocycles. The number of nitrogens with zero attached hydrogens (tertiary/aromatic N) is 2. The van der Waals surface area contributed by atoms with E-state index in [1.807, 2.05) is 29.2 Å². The van der Waals surface area contributed by atoms with Gasteiger partial charge in [-0.2, -0.15) is 4.31 Å². The molecule has 0 bridgehead atoms. The zero-order valence-electron chi connectivity index (χ0n) is 19.2. The number of carbonyl (C=O) groups is 1. The van der Waals surface area contributed by atoms with Crippen LogP contribution in [0.2, 0.25) is 0 Å². The van der Waals surface area contributed by atoms with Gasteiger partial charge in [0.2, 0.25) is 15.9 Å². The maximum absolute atomic E-state index is 12.7. The van der Waals surface area contributed by atoms with Crippen molar-refractivity contribution in [2.45, 2.75) is 56.3 Å². The number of sulfonamides is 1. The number of piperidine rings is 1. The van der Waals surface area contributed by atoms with E-state index in [2.05, 4.69) is 0 Å². The van der Waals surface area contributed by atoms with Crippen molar-refractivity contribution in [1.82, 2.24) is 9.21 Å². The molecule has 2 aromatic rings. The molecule has 178 valence electrons. The Hall–Kier alpha value is -2.38. The Bertz CT molecular complexity index is 1020. The summed E-state index contributed by atoms with van der Waals surface area (Å²) >= 11 is 0. The molecule has 2 saturated heterocycles. The van der Waals surface area contributed by atoms with Gasteiger partial charge in [-0.1, -0.05) is 24.3 Å². The molecule has 1 N–H and O–H groups in total. The quantitative estimate of drug-likeness (QED) is 0.633. The van der Waals surface area contributed by atoms with Gasteiger partial charge in [0.15, 0.2) is 0 Å². The minimum Gasteiger partial charge on any atom is -0.508 e. The van der Waals surface area contributed by atoms with Crippen LogP contribution in [0.25, 0.3) is 0 Å². The van der Waals surface area contributed by atoms with Crippen LogP contribution >= 0.6 is 0 Å². The number of aryl methyl sites for hydroxylation is 2. The second-order valence-corrected chi connectivity index (χ2v) is 11.2. The fourth-order valence-electron chi connectivity index (χ4n) is 4.82. The van der Waals surface area contributed by atoms with E-state index in [-0.39, 0.29) is 5.91 Å². The molecule has 2 aliphatic rings. The molecule has 0 atom stereocenters. The largest absolute Gasteiger partial charge is 0.508 e. The van der Waals surface area contributed by atoms with E-state index in [0.717, 1.165) is 57.2 Å². The molecule has 0 saturated carbocycles. The lowest BCUT2D eigenvalue weighted by Crippen LogP contribution is -2.38. The van der Waals surface area contributed by atoms with Crippen LogP contribution in [-0.4, -0.2) is 54.8 Å². The van der Waals surface area contributed by atoms with Crippen molar-refractivity contribution >= 4 is 15.9 Å². The first-order valence-corrected chi connectivity index (χ1v) is 13.5. The number of hydrogen-bond acceptors (Lipinski definition) is 4. The Balaban J connectivity index is 1.20. The predicted octanol–water partition coefficient (Wildman–Crippen LogP) is 3.98. The summed E-state index contributed by atoms with van der Waals surface area (Å²) in [6.45, 7) is 2.83. The van der Waals surface area contributed by atoms with Crippen molar-refractivity contribution in [2.24, 2.45) is 5.92 Å². The van der Waals surface area contributed by atoms with Crippen LogP contribution in [0.5, 0.6) is 5.75 Å². The number of likely N-dealkylation sites (tertiary alicyclic amines) is 1. The highest BCUT2D eigenvalue weighted by atomic mass is 32.2. The van der Waals surface area contributed by atoms with Gasteiger partial charge in [-0.15, -0.1) is 0 Å². The second-order valence-electron chi connectivity index (χ2n) is 9.28. The van der Waals surface area contributed by atoms with Crippen LogP contribution in [-0.2, 0) is 27.7 Å². The topological polar surface area (TPSA) is 77.9 Å². The molecular weight excluding hydrogens is 436 g/mol. The standard InChI is InChI=1S/C26H34N2O4S/c29-24-10-5-21(6-11-24)3-4-23-15-19-27(20-16-23)26(30)14-9-22-7-12-25(13-8-22)33(31,32)28-17-1-2-18-28/h5-8,10-13,23,29H,1-4,9,14-20H2. The number of carbonyl (C=O) groups excluding carboxylic acids is 1. The first kappa shape index (κ1) is 23.8.